The van der Waals surface area contributed by atoms with Crippen LogP contribution in [0.5, 0.6) is 0 Å². The highest BCUT2D eigenvalue weighted by Crippen LogP contribution is 2.34. The average Bonchev–Trinajstić information content (AvgIpc) is 3.13. The predicted molar refractivity (Wildman–Crippen MR) is 99.1 cm³/mol. The van der Waals surface area contributed by atoms with E-state index in [4.69, 9.17) is 21.1 Å². The fraction of sp³-hybridized carbons (Fsp3) is 0.167. The predicted octanol–water partition coefficient (Wildman–Crippen LogP) is 4.74. The van der Waals surface area contributed by atoms with E-state index in [-0.39, 0.29) is 32.7 Å². The summed E-state index contributed by atoms with van der Waals surface area (Å²) in [6, 6.07) is 7.63. The van der Waals surface area contributed by atoms with Gasteiger partial charge in [-0.15, -0.1) is 0 Å². The first kappa shape index (κ1) is 18.3. The molecule has 1 N–H and O–H groups in total. The van der Waals surface area contributed by atoms with Gasteiger partial charge >= 0.3 is 5.97 Å². The summed E-state index contributed by atoms with van der Waals surface area (Å²) in [6.45, 7) is 3.54. The number of rotatable bonds is 4. The molecule has 3 rings (SSSR count). The summed E-state index contributed by atoms with van der Waals surface area (Å²) in [5.41, 5.74) is 0.516. The third-order valence-electron chi connectivity index (χ3n) is 3.72. The van der Waals surface area contributed by atoms with E-state index in [1.165, 1.54) is 23.1 Å². The minimum absolute atomic E-state index is 0.0276. The first-order valence-corrected chi connectivity index (χ1v) is 8.87. The Balaban J connectivity index is 1.90. The summed E-state index contributed by atoms with van der Waals surface area (Å²) in [5.74, 6) is -0.668. The molecule has 6 nitrogen and oxygen atoms in total. The maximum absolute atomic E-state index is 12.3. The maximum atomic E-state index is 12.3. The number of nitrogens with zero attached hydrogens (tertiary/aromatic N) is 1. The molecule has 1 aromatic heterocycles. The van der Waals surface area contributed by atoms with Crippen molar-refractivity contribution in [3.63, 3.8) is 0 Å². The van der Waals surface area contributed by atoms with Gasteiger partial charge in [-0.1, -0.05) is 11.6 Å². The fourth-order valence-electron chi connectivity index (χ4n) is 2.48. The topological polar surface area (TPSA) is 87.8 Å². The zero-order chi connectivity index (χ0) is 19.0. The molecule has 26 heavy (non-hydrogen) atoms. The van der Waals surface area contributed by atoms with Crippen LogP contribution >= 0.6 is 23.4 Å². The van der Waals surface area contributed by atoms with Crippen molar-refractivity contribution in [3.8, 4) is 11.3 Å². The third-order valence-corrected chi connectivity index (χ3v) is 4.93. The molecule has 0 aliphatic carbocycles. The van der Waals surface area contributed by atoms with Crippen molar-refractivity contribution in [3.05, 3.63) is 51.6 Å². The Labute approximate surface area is 158 Å². The lowest BCUT2D eigenvalue weighted by Gasteiger charge is -2.16. The van der Waals surface area contributed by atoms with Crippen LogP contribution in [-0.2, 0) is 4.79 Å². The number of carbonyl (C=O) groups is 3. The Morgan fingerprint density at radius 2 is 2.00 bits per heavy atom. The zero-order valence-electron chi connectivity index (χ0n) is 13.9. The van der Waals surface area contributed by atoms with E-state index in [1.807, 2.05) is 0 Å². The van der Waals surface area contributed by atoms with Gasteiger partial charge in [-0.25, -0.2) is 4.79 Å². The summed E-state index contributed by atoms with van der Waals surface area (Å²) in [6.07, 6.45) is 1.50. The Kier molecular flexibility index (Phi) is 4.93. The van der Waals surface area contributed by atoms with Crippen molar-refractivity contribution in [2.45, 2.75) is 19.9 Å². The number of benzene rings is 1. The minimum atomic E-state index is -1.13. The third kappa shape index (κ3) is 3.40. The van der Waals surface area contributed by atoms with Crippen molar-refractivity contribution in [1.82, 2.24) is 4.90 Å². The van der Waals surface area contributed by atoms with Gasteiger partial charge in [0.1, 0.15) is 11.5 Å². The molecule has 134 valence electrons. The number of carbonyl (C=O) groups excluding carboxylic acids is 2. The second-order valence-corrected chi connectivity index (χ2v) is 7.25. The number of carboxylic acid groups (broad SMARTS) is 1. The monoisotopic (exact) mass is 391 g/mol. The molecule has 0 spiro atoms. The van der Waals surface area contributed by atoms with Crippen molar-refractivity contribution in [2.75, 3.05) is 0 Å². The van der Waals surface area contributed by atoms with Crippen LogP contribution in [0.15, 0.2) is 39.7 Å². The zero-order valence-corrected chi connectivity index (χ0v) is 15.4. The summed E-state index contributed by atoms with van der Waals surface area (Å²) in [7, 11) is 0. The second kappa shape index (κ2) is 7.01. The molecule has 0 radical (unpaired) electrons. The summed E-state index contributed by atoms with van der Waals surface area (Å²) >= 11 is 6.73. The molecule has 0 unspecified atom stereocenters. The lowest BCUT2D eigenvalue weighted by atomic mass is 10.1. The van der Waals surface area contributed by atoms with E-state index in [0.717, 1.165) is 11.8 Å². The number of aromatic carboxylic acids is 1. The van der Waals surface area contributed by atoms with Crippen LogP contribution in [0.3, 0.4) is 0 Å². The number of imide groups is 1. The van der Waals surface area contributed by atoms with Gasteiger partial charge in [0, 0.05) is 17.7 Å². The number of thioether (sulfide) groups is 1. The number of hydrogen-bond donors (Lipinski definition) is 1. The highest BCUT2D eigenvalue weighted by molar-refractivity contribution is 8.18. The number of amides is 2. The Morgan fingerprint density at radius 1 is 1.27 bits per heavy atom. The number of carboxylic acids is 1. The average molecular weight is 392 g/mol. The summed E-state index contributed by atoms with van der Waals surface area (Å²) < 4.78 is 5.68. The van der Waals surface area contributed by atoms with E-state index in [1.54, 1.807) is 32.0 Å². The van der Waals surface area contributed by atoms with Crippen LogP contribution in [0, 0.1) is 0 Å². The molecule has 1 saturated heterocycles. The summed E-state index contributed by atoms with van der Waals surface area (Å²) in [4.78, 5) is 36.9. The minimum Gasteiger partial charge on any atom is -0.478 e. The van der Waals surface area contributed by atoms with Gasteiger partial charge in [0.25, 0.3) is 11.1 Å². The van der Waals surface area contributed by atoms with E-state index < -0.39 is 5.97 Å². The molecule has 2 aromatic rings. The van der Waals surface area contributed by atoms with Gasteiger partial charge in [-0.2, -0.15) is 0 Å². The van der Waals surface area contributed by atoms with Crippen LogP contribution in [0.2, 0.25) is 5.02 Å². The lowest BCUT2D eigenvalue weighted by molar-refractivity contribution is -0.123. The van der Waals surface area contributed by atoms with E-state index in [2.05, 4.69) is 0 Å². The Bertz CT molecular complexity index is 947. The van der Waals surface area contributed by atoms with Crippen LogP contribution in [0.4, 0.5) is 4.79 Å². The van der Waals surface area contributed by atoms with Gasteiger partial charge < -0.3 is 9.52 Å². The van der Waals surface area contributed by atoms with Gasteiger partial charge in [-0.05, 0) is 55.9 Å². The van der Waals surface area contributed by atoms with Crippen LogP contribution in [-0.4, -0.2) is 33.2 Å². The van der Waals surface area contributed by atoms with Crippen molar-refractivity contribution in [2.24, 2.45) is 0 Å². The SMILES string of the molecule is CC(C)N1C(=O)S/C(=C\c2ccc(-c3ccc(Cl)c(C(=O)O)c3)o2)C1=O. The molecule has 1 fully saturated rings. The number of furan rings is 1. The molecule has 2 amide bonds. The first-order chi connectivity index (χ1) is 12.3. The largest absolute Gasteiger partial charge is 0.478 e. The molecular formula is C18H14ClNO5S. The quantitative estimate of drug-likeness (QED) is 0.757. The summed E-state index contributed by atoms with van der Waals surface area (Å²) in [5, 5.41) is 8.98. The molecule has 1 aliphatic heterocycles. The molecule has 1 aliphatic rings. The lowest BCUT2D eigenvalue weighted by Crippen LogP contribution is -2.34. The van der Waals surface area contributed by atoms with Gasteiger partial charge in [-0.3, -0.25) is 14.5 Å². The van der Waals surface area contributed by atoms with Crippen molar-refractivity contribution in [1.29, 1.82) is 0 Å². The number of halogens is 1. The molecule has 1 aromatic carbocycles. The van der Waals surface area contributed by atoms with Crippen LogP contribution in [0.25, 0.3) is 17.4 Å². The van der Waals surface area contributed by atoms with E-state index in [0.29, 0.717) is 17.1 Å². The molecule has 2 heterocycles. The first-order valence-electron chi connectivity index (χ1n) is 7.68. The highest BCUT2D eigenvalue weighted by Gasteiger charge is 2.36. The normalized spacial score (nSPS) is 16.2. The molecule has 0 bridgehead atoms. The molecule has 0 saturated carbocycles. The van der Waals surface area contributed by atoms with E-state index >= 15 is 0 Å². The van der Waals surface area contributed by atoms with Crippen LogP contribution in [0.1, 0.15) is 30.0 Å². The van der Waals surface area contributed by atoms with Crippen molar-refractivity contribution < 1.29 is 23.9 Å². The standard InChI is InChI=1S/C18H14ClNO5S/c1-9(2)20-16(21)15(26-18(20)24)8-11-4-6-14(25-11)10-3-5-13(19)12(7-10)17(22)23/h3-9H,1-2H3,(H,22,23)/b15-8-. The smallest absolute Gasteiger partial charge is 0.337 e. The van der Waals surface area contributed by atoms with Gasteiger partial charge in [0.15, 0.2) is 0 Å². The fourth-order valence-corrected chi connectivity index (χ4v) is 3.62. The number of hydrogen-bond acceptors (Lipinski definition) is 5. The van der Waals surface area contributed by atoms with Crippen LogP contribution < -0.4 is 0 Å². The molecule has 8 heteroatoms. The molecule has 0 atom stereocenters. The van der Waals surface area contributed by atoms with E-state index in [9.17, 15) is 14.4 Å². The van der Waals surface area contributed by atoms with Gasteiger partial charge in [0.05, 0.1) is 15.5 Å². The van der Waals surface area contributed by atoms with Crippen molar-refractivity contribution >= 4 is 46.6 Å². The highest BCUT2D eigenvalue weighted by atomic mass is 35.5. The maximum Gasteiger partial charge on any atom is 0.337 e. The molecular weight excluding hydrogens is 378 g/mol. The second-order valence-electron chi connectivity index (χ2n) is 5.85. The Morgan fingerprint density at radius 3 is 2.62 bits per heavy atom. The Hall–Kier alpha value is -2.51. The van der Waals surface area contributed by atoms with Gasteiger partial charge in [0.2, 0.25) is 0 Å².